The van der Waals surface area contributed by atoms with E-state index in [1.165, 1.54) is 0 Å². The second kappa shape index (κ2) is 5.61. The Hall–Kier alpha value is -1.91. The lowest BCUT2D eigenvalue weighted by atomic mass is 10.1. The van der Waals surface area contributed by atoms with Crippen LogP contribution in [0.15, 0.2) is 24.3 Å². The van der Waals surface area contributed by atoms with Crippen LogP contribution in [0.25, 0.3) is 0 Å². The molecule has 0 bridgehead atoms. The zero-order valence-electron chi connectivity index (χ0n) is 12.5. The second-order valence-corrected chi connectivity index (χ2v) is 5.93. The number of carbonyl (C=O) groups excluding carboxylic acids is 1. The van der Waals surface area contributed by atoms with Gasteiger partial charge in [-0.15, -0.1) is 0 Å². The molecule has 1 aliphatic heterocycles. The van der Waals surface area contributed by atoms with Crippen molar-refractivity contribution in [3.8, 4) is 5.75 Å². The lowest BCUT2D eigenvalue weighted by Crippen LogP contribution is -2.57. The molecule has 0 aliphatic carbocycles. The van der Waals surface area contributed by atoms with E-state index in [9.17, 15) is 4.79 Å². The third kappa shape index (κ3) is 3.56. The Balaban J connectivity index is 1.84. The van der Waals surface area contributed by atoms with Crippen LogP contribution in [-0.2, 0) is 4.74 Å². The summed E-state index contributed by atoms with van der Waals surface area (Å²) in [7, 11) is 1.65. The fourth-order valence-electron chi connectivity index (χ4n) is 2.03. The monoisotopic (exact) mass is 278 g/mol. The number of anilines is 1. The number of para-hydroxylation sites is 2. The van der Waals surface area contributed by atoms with Gasteiger partial charge in [-0.25, -0.2) is 4.79 Å². The summed E-state index contributed by atoms with van der Waals surface area (Å²) in [5.41, 5.74) is 0.502. The van der Waals surface area contributed by atoms with Crippen LogP contribution in [0.5, 0.6) is 5.75 Å². The smallest absolute Gasteiger partial charge is 0.410 e. The van der Waals surface area contributed by atoms with Crippen molar-refractivity contribution in [1.82, 2.24) is 4.90 Å². The summed E-state index contributed by atoms with van der Waals surface area (Å²) >= 11 is 0. The highest BCUT2D eigenvalue weighted by Crippen LogP contribution is 2.26. The molecule has 1 fully saturated rings. The number of methoxy groups -OCH3 is 1. The molecule has 0 unspecified atom stereocenters. The van der Waals surface area contributed by atoms with E-state index in [1.807, 2.05) is 45.0 Å². The number of hydrogen-bond acceptors (Lipinski definition) is 4. The largest absolute Gasteiger partial charge is 0.495 e. The maximum absolute atomic E-state index is 11.8. The Bertz CT molecular complexity index is 476. The summed E-state index contributed by atoms with van der Waals surface area (Å²) in [4.78, 5) is 13.5. The number of likely N-dealkylation sites (tertiary alicyclic amines) is 1. The summed E-state index contributed by atoms with van der Waals surface area (Å²) in [6, 6.07) is 7.99. The number of benzene rings is 1. The first kappa shape index (κ1) is 14.5. The minimum Gasteiger partial charge on any atom is -0.495 e. The number of amides is 1. The fraction of sp³-hybridized carbons (Fsp3) is 0.533. The van der Waals surface area contributed by atoms with Crippen LogP contribution in [0.3, 0.4) is 0 Å². The Morgan fingerprint density at radius 3 is 2.55 bits per heavy atom. The normalized spacial score (nSPS) is 15.5. The molecule has 0 spiro atoms. The van der Waals surface area contributed by atoms with Gasteiger partial charge < -0.3 is 19.7 Å². The zero-order valence-corrected chi connectivity index (χ0v) is 12.5. The number of rotatable bonds is 3. The van der Waals surface area contributed by atoms with Gasteiger partial charge in [0, 0.05) is 13.1 Å². The average molecular weight is 278 g/mol. The van der Waals surface area contributed by atoms with E-state index in [2.05, 4.69) is 5.32 Å². The first-order valence-electron chi connectivity index (χ1n) is 6.76. The molecule has 1 saturated heterocycles. The lowest BCUT2D eigenvalue weighted by molar-refractivity contribution is 0.0105. The van der Waals surface area contributed by atoms with Crippen LogP contribution in [0.4, 0.5) is 10.5 Å². The van der Waals surface area contributed by atoms with Crippen LogP contribution in [-0.4, -0.2) is 42.8 Å². The van der Waals surface area contributed by atoms with E-state index in [4.69, 9.17) is 9.47 Å². The van der Waals surface area contributed by atoms with Crippen LogP contribution in [0.2, 0.25) is 0 Å². The second-order valence-electron chi connectivity index (χ2n) is 5.93. The van der Waals surface area contributed by atoms with Gasteiger partial charge in [0.05, 0.1) is 18.8 Å². The Kier molecular flexibility index (Phi) is 4.06. The Morgan fingerprint density at radius 1 is 1.30 bits per heavy atom. The molecule has 0 radical (unpaired) electrons. The Morgan fingerprint density at radius 2 is 1.95 bits per heavy atom. The molecule has 1 aliphatic rings. The van der Waals surface area contributed by atoms with Crippen molar-refractivity contribution >= 4 is 11.8 Å². The van der Waals surface area contributed by atoms with Gasteiger partial charge in [0.1, 0.15) is 11.4 Å². The molecule has 1 heterocycles. The molecule has 110 valence electrons. The molecule has 5 nitrogen and oxygen atoms in total. The number of carbonyl (C=O) groups is 1. The van der Waals surface area contributed by atoms with Crippen molar-refractivity contribution in [2.45, 2.75) is 32.4 Å². The number of nitrogens with one attached hydrogen (secondary N) is 1. The predicted molar refractivity (Wildman–Crippen MR) is 78.2 cm³/mol. The summed E-state index contributed by atoms with van der Waals surface area (Å²) in [6.07, 6.45) is -0.254. The molecule has 2 rings (SSSR count). The maximum Gasteiger partial charge on any atom is 0.410 e. The third-order valence-electron chi connectivity index (χ3n) is 3.00. The predicted octanol–water partition coefficient (Wildman–Crippen LogP) is 2.73. The molecule has 1 amide bonds. The zero-order chi connectivity index (χ0) is 14.8. The number of hydrogen-bond donors (Lipinski definition) is 1. The minimum atomic E-state index is -0.446. The highest BCUT2D eigenvalue weighted by atomic mass is 16.6. The van der Waals surface area contributed by atoms with Crippen LogP contribution in [0, 0.1) is 0 Å². The molecule has 1 N–H and O–H groups in total. The van der Waals surface area contributed by atoms with Crippen LogP contribution >= 0.6 is 0 Å². The maximum atomic E-state index is 11.8. The highest BCUT2D eigenvalue weighted by molar-refractivity contribution is 5.70. The quantitative estimate of drug-likeness (QED) is 0.923. The number of nitrogens with zero attached hydrogens (tertiary/aromatic N) is 1. The standard InChI is InChI=1S/C15H22N2O3/c1-15(2,3)20-14(18)17-9-11(10-17)16-12-7-5-6-8-13(12)19-4/h5-8,11,16H,9-10H2,1-4H3. The summed E-state index contributed by atoms with van der Waals surface area (Å²) in [5, 5.41) is 3.37. The minimum absolute atomic E-state index is 0.235. The molecule has 0 aromatic heterocycles. The Labute approximate surface area is 119 Å². The topological polar surface area (TPSA) is 50.8 Å². The van der Waals surface area contributed by atoms with Gasteiger partial charge in [0.2, 0.25) is 0 Å². The van der Waals surface area contributed by atoms with Crippen molar-refractivity contribution < 1.29 is 14.3 Å². The van der Waals surface area contributed by atoms with Gasteiger partial charge in [0.15, 0.2) is 0 Å². The van der Waals surface area contributed by atoms with Gasteiger partial charge >= 0.3 is 6.09 Å². The summed E-state index contributed by atoms with van der Waals surface area (Å²) in [5.74, 6) is 0.809. The van der Waals surface area contributed by atoms with Gasteiger partial charge in [-0.05, 0) is 32.9 Å². The lowest BCUT2D eigenvalue weighted by Gasteiger charge is -2.40. The molecule has 0 atom stereocenters. The van der Waals surface area contributed by atoms with Crippen LogP contribution in [0.1, 0.15) is 20.8 Å². The van der Waals surface area contributed by atoms with E-state index in [1.54, 1.807) is 12.0 Å². The van der Waals surface area contributed by atoms with E-state index in [0.717, 1.165) is 11.4 Å². The van der Waals surface area contributed by atoms with Gasteiger partial charge in [-0.3, -0.25) is 0 Å². The van der Waals surface area contributed by atoms with E-state index < -0.39 is 5.60 Å². The van der Waals surface area contributed by atoms with Gasteiger partial charge in [0.25, 0.3) is 0 Å². The number of ether oxygens (including phenoxy) is 2. The van der Waals surface area contributed by atoms with Gasteiger partial charge in [-0.2, -0.15) is 0 Å². The van der Waals surface area contributed by atoms with E-state index in [0.29, 0.717) is 13.1 Å². The van der Waals surface area contributed by atoms with Crippen molar-refractivity contribution in [3.05, 3.63) is 24.3 Å². The summed E-state index contributed by atoms with van der Waals surface area (Å²) in [6.45, 7) is 6.90. The van der Waals surface area contributed by atoms with Crippen molar-refractivity contribution in [1.29, 1.82) is 0 Å². The van der Waals surface area contributed by atoms with E-state index >= 15 is 0 Å². The molecule has 20 heavy (non-hydrogen) atoms. The molecular formula is C15H22N2O3. The van der Waals surface area contributed by atoms with Crippen molar-refractivity contribution in [2.24, 2.45) is 0 Å². The fourth-order valence-corrected chi connectivity index (χ4v) is 2.03. The van der Waals surface area contributed by atoms with Crippen molar-refractivity contribution in [3.63, 3.8) is 0 Å². The first-order valence-corrected chi connectivity index (χ1v) is 6.76. The molecular weight excluding hydrogens is 256 g/mol. The molecule has 1 aromatic rings. The highest BCUT2D eigenvalue weighted by Gasteiger charge is 2.33. The van der Waals surface area contributed by atoms with Crippen molar-refractivity contribution in [2.75, 3.05) is 25.5 Å². The summed E-state index contributed by atoms with van der Waals surface area (Å²) < 4.78 is 10.6. The van der Waals surface area contributed by atoms with Gasteiger partial charge in [-0.1, -0.05) is 12.1 Å². The molecule has 0 saturated carbocycles. The third-order valence-corrected chi connectivity index (χ3v) is 3.00. The molecule has 1 aromatic carbocycles. The first-order chi connectivity index (χ1) is 9.39. The van der Waals surface area contributed by atoms with Crippen LogP contribution < -0.4 is 10.1 Å². The van der Waals surface area contributed by atoms with E-state index in [-0.39, 0.29) is 12.1 Å². The SMILES string of the molecule is COc1ccccc1NC1CN(C(=O)OC(C)(C)C)C1. The molecule has 5 heteroatoms. The average Bonchev–Trinajstić information content (AvgIpc) is 2.31.